The quantitative estimate of drug-likeness (QED) is 0.522. The molecule has 2 aliphatic heterocycles. The van der Waals surface area contributed by atoms with Crippen LogP contribution in [0.15, 0.2) is 4.99 Å². The summed E-state index contributed by atoms with van der Waals surface area (Å²) in [4.78, 5) is 6.47. The zero-order chi connectivity index (χ0) is 16.3. The maximum atomic E-state index is 10.4. The van der Waals surface area contributed by atoms with Gasteiger partial charge in [-0.25, -0.2) is 0 Å². The second-order valence-corrected chi connectivity index (χ2v) is 6.93. The number of thioether (sulfide) groups is 1. The third-order valence-corrected chi connectivity index (χ3v) is 5.57. The van der Waals surface area contributed by atoms with E-state index in [1.54, 1.807) is 0 Å². The molecule has 22 heavy (non-hydrogen) atoms. The Bertz CT molecular complexity index is 398. The topological polar surface area (TPSA) is 97.5 Å². The molecule has 128 valence electrons. The minimum absolute atomic E-state index is 0.329. The summed E-state index contributed by atoms with van der Waals surface area (Å²) >= 11 is 1.46. The summed E-state index contributed by atoms with van der Waals surface area (Å²) in [5.41, 5.74) is 1.90. The molecule has 8 heteroatoms. The maximum Gasteiger partial charge on any atom is 0.162 e. The van der Waals surface area contributed by atoms with E-state index in [0.717, 1.165) is 24.6 Å². The van der Waals surface area contributed by atoms with Gasteiger partial charge in [-0.05, 0) is 13.3 Å². The van der Waals surface area contributed by atoms with Crippen molar-refractivity contribution in [1.82, 2.24) is 10.4 Å². The second kappa shape index (κ2) is 7.94. The number of aliphatic imine (C=N–C) groups is 1. The fourth-order valence-corrected chi connectivity index (χ4v) is 4.00. The fourth-order valence-electron chi connectivity index (χ4n) is 2.75. The molecule has 0 amide bonds. The number of ether oxygens (including phenoxy) is 1. The fraction of sp³-hybridized carbons (Fsp3) is 0.929. The number of nitrogens with one attached hydrogen (secondary N) is 1. The average Bonchev–Trinajstić information content (AvgIpc) is 2.96. The van der Waals surface area contributed by atoms with Gasteiger partial charge < -0.3 is 25.1 Å². The minimum atomic E-state index is -1.07. The summed E-state index contributed by atoms with van der Waals surface area (Å²) in [6, 6.07) is -0.870. The highest BCUT2D eigenvalue weighted by Gasteiger charge is 2.50. The van der Waals surface area contributed by atoms with Gasteiger partial charge in [-0.3, -0.25) is 4.99 Å². The predicted molar refractivity (Wildman–Crippen MR) is 86.0 cm³/mol. The van der Waals surface area contributed by atoms with Gasteiger partial charge in [0.25, 0.3) is 0 Å². The van der Waals surface area contributed by atoms with Crippen LogP contribution in [0.3, 0.4) is 0 Å². The number of nitrogens with zero attached hydrogens (tertiary/aromatic N) is 2. The Hall–Kier alpha value is -0.380. The van der Waals surface area contributed by atoms with E-state index in [4.69, 9.17) is 4.74 Å². The molecule has 0 bridgehead atoms. The van der Waals surface area contributed by atoms with E-state index in [-0.39, 0.29) is 5.44 Å². The molecule has 0 radical (unpaired) electrons. The van der Waals surface area contributed by atoms with Gasteiger partial charge >= 0.3 is 0 Å². The smallest absolute Gasteiger partial charge is 0.162 e. The molecule has 1 fully saturated rings. The zero-order valence-electron chi connectivity index (χ0n) is 13.3. The van der Waals surface area contributed by atoms with Gasteiger partial charge in [-0.2, -0.15) is 5.48 Å². The third-order valence-electron chi connectivity index (χ3n) is 4.32. The summed E-state index contributed by atoms with van der Waals surface area (Å²) in [6.07, 6.45) is -0.148. The van der Waals surface area contributed by atoms with E-state index in [9.17, 15) is 15.4 Å². The minimum Gasteiger partial charge on any atom is -0.388 e. The van der Waals surface area contributed by atoms with Gasteiger partial charge in [0.1, 0.15) is 29.8 Å². The van der Waals surface area contributed by atoms with E-state index in [2.05, 4.69) is 17.4 Å². The highest BCUT2D eigenvalue weighted by molar-refractivity contribution is 8.14. The van der Waals surface area contributed by atoms with E-state index < -0.39 is 30.4 Å². The number of rotatable bonds is 6. The number of aliphatic hydroxyl groups is 2. The van der Waals surface area contributed by atoms with Gasteiger partial charge in [0.15, 0.2) is 5.17 Å². The van der Waals surface area contributed by atoms with Gasteiger partial charge in [0, 0.05) is 13.6 Å². The summed E-state index contributed by atoms with van der Waals surface area (Å²) < 4.78 is 5.96. The van der Waals surface area contributed by atoms with Crippen LogP contribution >= 0.6 is 11.8 Å². The van der Waals surface area contributed by atoms with Crippen LogP contribution in [0.2, 0.25) is 0 Å². The molecule has 7 nitrogen and oxygen atoms in total. The van der Waals surface area contributed by atoms with Crippen molar-refractivity contribution in [2.45, 2.75) is 68.9 Å². The number of hydrogen-bond acceptors (Lipinski definition) is 8. The Morgan fingerprint density at radius 1 is 1.36 bits per heavy atom. The Balaban J connectivity index is 2.08. The van der Waals surface area contributed by atoms with E-state index in [1.807, 2.05) is 18.9 Å². The standard InChI is InChI=1S/C14H27N3O4S/c1-4-6-7-8(16-20)12-11(19)10(18)9-13(21-12)22-14(15-9)17(3)5-2/h8-13,16,18-20H,4-7H2,1-3H3/t8-,9+,10+,11-,12+,13+/m0/s1. The van der Waals surface area contributed by atoms with Gasteiger partial charge in [-0.15, -0.1) is 0 Å². The normalized spacial score (nSPS) is 35.9. The molecule has 2 rings (SSSR count). The first kappa shape index (κ1) is 18.0. The Morgan fingerprint density at radius 2 is 2.09 bits per heavy atom. The van der Waals surface area contributed by atoms with Crippen molar-refractivity contribution in [3.8, 4) is 0 Å². The zero-order valence-corrected chi connectivity index (χ0v) is 14.2. The highest BCUT2D eigenvalue weighted by atomic mass is 32.2. The summed E-state index contributed by atoms with van der Waals surface area (Å²) in [5, 5.41) is 30.9. The van der Waals surface area contributed by atoms with Crippen LogP contribution in [-0.4, -0.2) is 74.9 Å². The molecule has 0 saturated carbocycles. The van der Waals surface area contributed by atoms with Crippen molar-refractivity contribution in [2.24, 2.45) is 4.99 Å². The molecular formula is C14H27N3O4S. The molecular weight excluding hydrogens is 306 g/mol. The largest absolute Gasteiger partial charge is 0.388 e. The van der Waals surface area contributed by atoms with Crippen LogP contribution in [0.25, 0.3) is 0 Å². The molecule has 0 aromatic heterocycles. The third kappa shape index (κ3) is 3.58. The SMILES string of the molecule is CCCC[C@H](NO)[C@H]1O[C@@H]2SC(N(C)CC)=N[C@@H]2[C@@H](O)[C@@H]1O. The lowest BCUT2D eigenvalue weighted by molar-refractivity contribution is -0.172. The van der Waals surface area contributed by atoms with E-state index in [1.165, 1.54) is 11.8 Å². The van der Waals surface area contributed by atoms with Crippen molar-refractivity contribution >= 4 is 16.9 Å². The molecule has 0 aliphatic carbocycles. The van der Waals surface area contributed by atoms with Crippen molar-refractivity contribution in [3.05, 3.63) is 0 Å². The monoisotopic (exact) mass is 333 g/mol. The first-order valence-electron chi connectivity index (χ1n) is 7.90. The molecule has 4 N–H and O–H groups in total. The van der Waals surface area contributed by atoms with Crippen LogP contribution < -0.4 is 5.48 Å². The molecule has 0 aromatic rings. The van der Waals surface area contributed by atoms with E-state index in [0.29, 0.717) is 6.42 Å². The van der Waals surface area contributed by atoms with Crippen molar-refractivity contribution in [2.75, 3.05) is 13.6 Å². The lowest BCUT2D eigenvalue weighted by Gasteiger charge is -2.41. The number of fused-ring (bicyclic) bond motifs is 1. The van der Waals surface area contributed by atoms with Crippen molar-refractivity contribution < 1.29 is 20.2 Å². The lowest BCUT2D eigenvalue weighted by Crippen LogP contribution is -2.60. The van der Waals surface area contributed by atoms with Gasteiger partial charge in [-0.1, -0.05) is 31.5 Å². The Morgan fingerprint density at radius 3 is 2.68 bits per heavy atom. The van der Waals surface area contributed by atoms with Crippen LogP contribution in [0.5, 0.6) is 0 Å². The first-order chi connectivity index (χ1) is 10.5. The summed E-state index contributed by atoms with van der Waals surface area (Å²) in [6.45, 7) is 4.89. The van der Waals surface area contributed by atoms with Crippen LogP contribution in [0, 0.1) is 0 Å². The highest BCUT2D eigenvalue weighted by Crippen LogP contribution is 2.38. The van der Waals surface area contributed by atoms with Gasteiger partial charge in [0.2, 0.25) is 0 Å². The molecule has 0 unspecified atom stereocenters. The van der Waals surface area contributed by atoms with Crippen LogP contribution in [0.1, 0.15) is 33.1 Å². The number of amidine groups is 1. The number of aliphatic hydroxyl groups excluding tert-OH is 2. The molecule has 2 heterocycles. The molecule has 2 aliphatic rings. The van der Waals surface area contributed by atoms with Crippen molar-refractivity contribution in [1.29, 1.82) is 0 Å². The Kier molecular flexibility index (Phi) is 6.48. The average molecular weight is 333 g/mol. The van der Waals surface area contributed by atoms with E-state index >= 15 is 0 Å². The second-order valence-electron chi connectivity index (χ2n) is 5.86. The lowest BCUT2D eigenvalue weighted by atomic mass is 9.91. The van der Waals surface area contributed by atoms with Crippen LogP contribution in [0.4, 0.5) is 0 Å². The summed E-state index contributed by atoms with van der Waals surface area (Å²) in [5.74, 6) is 0. The Labute approximate surface area is 135 Å². The maximum absolute atomic E-state index is 10.4. The predicted octanol–water partition coefficient (Wildman–Crippen LogP) is 0.394. The van der Waals surface area contributed by atoms with Crippen molar-refractivity contribution in [3.63, 3.8) is 0 Å². The number of unbranched alkanes of at least 4 members (excludes halogenated alkanes) is 1. The van der Waals surface area contributed by atoms with Gasteiger partial charge in [0.05, 0.1) is 6.04 Å². The first-order valence-corrected chi connectivity index (χ1v) is 8.78. The molecule has 6 atom stereocenters. The number of hydrogen-bond donors (Lipinski definition) is 4. The summed E-state index contributed by atoms with van der Waals surface area (Å²) in [7, 11) is 1.93. The molecule has 1 saturated heterocycles. The molecule has 0 aromatic carbocycles. The number of hydroxylamine groups is 1. The molecule has 0 spiro atoms. The van der Waals surface area contributed by atoms with Crippen LogP contribution in [-0.2, 0) is 4.74 Å².